The number of hydrogen-bond acceptors (Lipinski definition) is 4. The van der Waals surface area contributed by atoms with Crippen LogP contribution in [0.4, 0.5) is 10.5 Å². The monoisotopic (exact) mass is 385 g/mol. The lowest BCUT2D eigenvalue weighted by Crippen LogP contribution is -2.48. The van der Waals surface area contributed by atoms with Crippen LogP contribution in [-0.2, 0) is 13.0 Å². The van der Waals surface area contributed by atoms with E-state index in [0.717, 1.165) is 50.5 Å². The van der Waals surface area contributed by atoms with E-state index in [2.05, 4.69) is 21.7 Å². The lowest BCUT2D eigenvalue weighted by molar-refractivity contribution is 0.111. The molecule has 144 valence electrons. The summed E-state index contributed by atoms with van der Waals surface area (Å²) in [6.07, 6.45) is 3.28. The van der Waals surface area contributed by atoms with Gasteiger partial charge in [-0.2, -0.15) is 0 Å². The number of nitrogens with one attached hydrogen (secondary N) is 1. The van der Waals surface area contributed by atoms with Gasteiger partial charge in [-0.05, 0) is 67.5 Å². The molecule has 2 amide bonds. The maximum Gasteiger partial charge on any atom is 0.321 e. The maximum atomic E-state index is 12.6. The molecule has 27 heavy (non-hydrogen) atoms. The number of carbonyl (C=O) groups excluding carboxylic acids is 1. The summed E-state index contributed by atoms with van der Waals surface area (Å²) in [7, 11) is 0. The number of ether oxygens (including phenoxy) is 1. The lowest BCUT2D eigenvalue weighted by atomic mass is 10.00. The van der Waals surface area contributed by atoms with E-state index in [9.17, 15) is 4.79 Å². The van der Waals surface area contributed by atoms with Crippen LogP contribution >= 0.6 is 11.3 Å². The van der Waals surface area contributed by atoms with Gasteiger partial charge in [-0.3, -0.25) is 4.90 Å². The number of carbonyl (C=O) groups is 1. The van der Waals surface area contributed by atoms with Crippen molar-refractivity contribution in [2.45, 2.75) is 38.8 Å². The van der Waals surface area contributed by atoms with Gasteiger partial charge < -0.3 is 15.0 Å². The maximum absolute atomic E-state index is 12.6. The third-order valence-electron chi connectivity index (χ3n) is 5.52. The number of thiophene rings is 1. The Kier molecular flexibility index (Phi) is 5.64. The quantitative estimate of drug-likeness (QED) is 0.858. The predicted molar refractivity (Wildman–Crippen MR) is 110 cm³/mol. The van der Waals surface area contributed by atoms with Crippen molar-refractivity contribution < 1.29 is 9.53 Å². The molecular weight excluding hydrogens is 358 g/mol. The number of nitrogens with zero attached hydrogens (tertiary/aromatic N) is 2. The summed E-state index contributed by atoms with van der Waals surface area (Å²) in [5, 5.41) is 5.21. The third kappa shape index (κ3) is 4.28. The second-order valence-electron chi connectivity index (χ2n) is 7.20. The van der Waals surface area contributed by atoms with Gasteiger partial charge in [0.1, 0.15) is 5.75 Å². The van der Waals surface area contributed by atoms with Crippen LogP contribution in [0.25, 0.3) is 0 Å². The molecule has 0 spiro atoms. The highest BCUT2D eigenvalue weighted by Crippen LogP contribution is 2.28. The first-order chi connectivity index (χ1) is 13.2. The Labute approximate surface area is 164 Å². The Hall–Kier alpha value is -2.05. The molecule has 0 bridgehead atoms. The smallest absolute Gasteiger partial charge is 0.321 e. The van der Waals surface area contributed by atoms with Crippen LogP contribution in [0.2, 0.25) is 0 Å². The first kappa shape index (κ1) is 18.3. The Morgan fingerprint density at radius 2 is 1.96 bits per heavy atom. The Morgan fingerprint density at radius 1 is 1.19 bits per heavy atom. The molecule has 0 saturated carbocycles. The molecule has 0 unspecified atom stereocenters. The van der Waals surface area contributed by atoms with Crippen LogP contribution in [0, 0.1) is 0 Å². The summed E-state index contributed by atoms with van der Waals surface area (Å²) >= 11 is 1.89. The number of piperidine rings is 1. The highest BCUT2D eigenvalue weighted by Gasteiger charge is 2.29. The minimum atomic E-state index is -0.00336. The van der Waals surface area contributed by atoms with Gasteiger partial charge in [0.05, 0.1) is 6.61 Å². The topological polar surface area (TPSA) is 44.8 Å². The van der Waals surface area contributed by atoms with Gasteiger partial charge >= 0.3 is 6.03 Å². The van der Waals surface area contributed by atoms with E-state index < -0.39 is 0 Å². The lowest BCUT2D eigenvalue weighted by Gasteiger charge is -2.40. The van der Waals surface area contributed by atoms with E-state index in [0.29, 0.717) is 12.6 Å². The molecule has 1 aromatic carbocycles. The van der Waals surface area contributed by atoms with E-state index in [1.54, 1.807) is 4.88 Å². The first-order valence-electron chi connectivity index (χ1n) is 9.81. The number of anilines is 1. The Balaban J connectivity index is 1.27. The van der Waals surface area contributed by atoms with E-state index >= 15 is 0 Å². The zero-order valence-corrected chi connectivity index (χ0v) is 16.6. The van der Waals surface area contributed by atoms with Crippen molar-refractivity contribution >= 4 is 23.1 Å². The molecular formula is C21H27N3O2S. The van der Waals surface area contributed by atoms with E-state index in [1.807, 2.05) is 47.4 Å². The molecule has 4 rings (SSSR count). The third-order valence-corrected chi connectivity index (χ3v) is 6.54. The highest BCUT2D eigenvalue weighted by molar-refractivity contribution is 7.10. The molecule has 1 N–H and O–H groups in total. The molecule has 1 fully saturated rings. The van der Waals surface area contributed by atoms with Crippen LogP contribution in [0.3, 0.4) is 0 Å². The fraction of sp³-hybridized carbons (Fsp3) is 0.476. The van der Waals surface area contributed by atoms with Crippen LogP contribution in [0.15, 0.2) is 35.7 Å². The number of amides is 2. The van der Waals surface area contributed by atoms with E-state index in [-0.39, 0.29) is 6.03 Å². The highest BCUT2D eigenvalue weighted by atomic mass is 32.1. The fourth-order valence-corrected chi connectivity index (χ4v) is 4.91. The van der Waals surface area contributed by atoms with Gasteiger partial charge in [0.2, 0.25) is 0 Å². The normalized spacial score (nSPS) is 18.2. The van der Waals surface area contributed by atoms with Crippen molar-refractivity contribution in [1.82, 2.24) is 9.80 Å². The molecule has 2 aliphatic rings. The van der Waals surface area contributed by atoms with Gasteiger partial charge in [-0.15, -0.1) is 11.3 Å². The van der Waals surface area contributed by atoms with Crippen LogP contribution < -0.4 is 10.1 Å². The predicted octanol–water partition coefficient (Wildman–Crippen LogP) is 4.20. The van der Waals surface area contributed by atoms with E-state index in [4.69, 9.17) is 4.74 Å². The molecule has 6 heteroatoms. The second-order valence-corrected chi connectivity index (χ2v) is 8.20. The summed E-state index contributed by atoms with van der Waals surface area (Å²) in [6, 6.07) is 10.4. The van der Waals surface area contributed by atoms with Gasteiger partial charge in [0, 0.05) is 42.8 Å². The summed E-state index contributed by atoms with van der Waals surface area (Å²) in [4.78, 5) is 18.7. The number of urea groups is 1. The summed E-state index contributed by atoms with van der Waals surface area (Å²) in [5.41, 5.74) is 2.31. The van der Waals surface area contributed by atoms with Crippen molar-refractivity contribution in [3.8, 4) is 5.75 Å². The van der Waals surface area contributed by atoms with Gasteiger partial charge in [0.25, 0.3) is 0 Å². The number of rotatable bonds is 4. The van der Waals surface area contributed by atoms with Crippen LogP contribution in [0.1, 0.15) is 30.2 Å². The molecule has 2 aliphatic heterocycles. The standard InChI is InChI=1S/C21H27N3O2S/c1-2-26-19-5-3-17(4-6-19)22-21(25)23-11-7-18(8-12-23)24-13-9-20-16(15-24)10-14-27-20/h3-6,10,14,18H,2,7-9,11-13,15H2,1H3,(H,22,25). The van der Waals surface area contributed by atoms with Crippen LogP contribution in [0.5, 0.6) is 5.75 Å². The fourth-order valence-electron chi connectivity index (χ4n) is 4.02. The molecule has 3 heterocycles. The zero-order valence-electron chi connectivity index (χ0n) is 15.8. The van der Waals surface area contributed by atoms with Crippen molar-refractivity contribution in [3.05, 3.63) is 46.2 Å². The van der Waals surface area contributed by atoms with Gasteiger partial charge in [0.15, 0.2) is 0 Å². The molecule has 1 saturated heterocycles. The van der Waals surface area contributed by atoms with Crippen molar-refractivity contribution in [2.24, 2.45) is 0 Å². The molecule has 0 atom stereocenters. The summed E-state index contributed by atoms with van der Waals surface area (Å²) in [6.45, 7) is 6.47. The molecule has 5 nitrogen and oxygen atoms in total. The Bertz CT molecular complexity index is 766. The average molecular weight is 386 g/mol. The molecule has 0 radical (unpaired) electrons. The average Bonchev–Trinajstić information content (AvgIpc) is 3.17. The first-order valence-corrected chi connectivity index (χ1v) is 10.7. The minimum absolute atomic E-state index is 0.00336. The summed E-state index contributed by atoms with van der Waals surface area (Å²) in [5.74, 6) is 0.826. The molecule has 2 aromatic rings. The SMILES string of the molecule is CCOc1ccc(NC(=O)N2CCC(N3CCc4sccc4C3)CC2)cc1. The number of likely N-dealkylation sites (tertiary alicyclic amines) is 1. The number of hydrogen-bond donors (Lipinski definition) is 1. The largest absolute Gasteiger partial charge is 0.494 e. The minimum Gasteiger partial charge on any atom is -0.494 e. The van der Waals surface area contributed by atoms with E-state index in [1.165, 1.54) is 12.0 Å². The van der Waals surface area contributed by atoms with Crippen LogP contribution in [-0.4, -0.2) is 48.1 Å². The second kappa shape index (κ2) is 8.31. The van der Waals surface area contributed by atoms with Gasteiger partial charge in [-0.1, -0.05) is 0 Å². The number of fused-ring (bicyclic) bond motifs is 1. The number of benzene rings is 1. The van der Waals surface area contributed by atoms with Crippen molar-refractivity contribution in [2.75, 3.05) is 31.6 Å². The van der Waals surface area contributed by atoms with Crippen molar-refractivity contribution in [1.29, 1.82) is 0 Å². The van der Waals surface area contributed by atoms with Gasteiger partial charge in [-0.25, -0.2) is 4.79 Å². The Morgan fingerprint density at radius 3 is 2.70 bits per heavy atom. The summed E-state index contributed by atoms with van der Waals surface area (Å²) < 4.78 is 5.44. The molecule has 0 aliphatic carbocycles. The molecule has 1 aromatic heterocycles. The zero-order chi connectivity index (χ0) is 18.6. The van der Waals surface area contributed by atoms with Crippen molar-refractivity contribution in [3.63, 3.8) is 0 Å².